The van der Waals surface area contributed by atoms with Gasteiger partial charge < -0.3 is 0 Å². The molecule has 1 aromatic heterocycles. The maximum absolute atomic E-state index is 4.98. The molecule has 0 saturated carbocycles. The molecule has 13 rings (SSSR count). The zero-order chi connectivity index (χ0) is 39.4. The van der Waals surface area contributed by atoms with Crippen LogP contribution >= 0.6 is 0 Å². The second-order valence-corrected chi connectivity index (χ2v) is 16.4. The van der Waals surface area contributed by atoms with Crippen molar-refractivity contribution in [3.8, 4) is 55.9 Å². The molecule has 60 heavy (non-hydrogen) atoms. The lowest BCUT2D eigenvalue weighted by Crippen LogP contribution is -2.43. The van der Waals surface area contributed by atoms with Crippen LogP contribution in [0.1, 0.15) is 44.5 Å². The van der Waals surface area contributed by atoms with Crippen molar-refractivity contribution in [1.82, 2.24) is 9.97 Å². The Bertz CT molecular complexity index is 3300. The van der Waals surface area contributed by atoms with Crippen LogP contribution in [0.5, 0.6) is 0 Å². The van der Waals surface area contributed by atoms with Gasteiger partial charge in [0.25, 0.3) is 0 Å². The van der Waals surface area contributed by atoms with Gasteiger partial charge >= 0.3 is 0 Å². The fourth-order valence-electron chi connectivity index (χ4n) is 11.3. The summed E-state index contributed by atoms with van der Waals surface area (Å²) in [7, 11) is 0. The highest BCUT2D eigenvalue weighted by Gasteiger charge is 2.58. The Kier molecular flexibility index (Phi) is 6.89. The molecule has 0 amide bonds. The fourth-order valence-corrected chi connectivity index (χ4v) is 11.3. The van der Waals surface area contributed by atoms with Crippen LogP contribution in [0.3, 0.4) is 0 Å². The first-order valence-electron chi connectivity index (χ1n) is 20.8. The number of hydrogen-bond donors (Lipinski definition) is 0. The Balaban J connectivity index is 1.00. The first-order chi connectivity index (χ1) is 29.8. The van der Waals surface area contributed by atoms with E-state index in [-0.39, 0.29) is 0 Å². The topological polar surface area (TPSA) is 25.8 Å². The number of rotatable bonds is 3. The molecule has 278 valence electrons. The van der Waals surface area contributed by atoms with Crippen molar-refractivity contribution in [2.45, 2.75) is 10.8 Å². The second kappa shape index (κ2) is 12.4. The first kappa shape index (κ1) is 33.3. The Morgan fingerprint density at radius 1 is 0.283 bits per heavy atom. The second-order valence-electron chi connectivity index (χ2n) is 16.4. The molecule has 0 atom stereocenters. The summed E-state index contributed by atoms with van der Waals surface area (Å²) in [6.07, 6.45) is 1.98. The highest BCUT2D eigenvalue weighted by atomic mass is 14.9. The molecule has 10 aromatic rings. The van der Waals surface area contributed by atoms with E-state index in [0.717, 1.165) is 33.4 Å². The van der Waals surface area contributed by atoms with Gasteiger partial charge in [-0.3, -0.25) is 0 Å². The highest BCUT2D eigenvalue weighted by Crippen LogP contribution is 2.67. The molecule has 1 heterocycles. The van der Waals surface area contributed by atoms with Crippen LogP contribution < -0.4 is 0 Å². The maximum Gasteiger partial charge on any atom is 0.159 e. The van der Waals surface area contributed by atoms with E-state index >= 15 is 0 Å². The van der Waals surface area contributed by atoms with E-state index in [0.29, 0.717) is 0 Å². The van der Waals surface area contributed by atoms with E-state index < -0.39 is 10.8 Å². The highest BCUT2D eigenvalue weighted by molar-refractivity contribution is 5.97. The van der Waals surface area contributed by atoms with E-state index in [9.17, 15) is 0 Å². The molecule has 0 aliphatic heterocycles. The van der Waals surface area contributed by atoms with E-state index in [1.54, 1.807) is 0 Å². The van der Waals surface area contributed by atoms with Crippen molar-refractivity contribution >= 4 is 10.9 Å². The largest absolute Gasteiger partial charge is 0.236 e. The van der Waals surface area contributed by atoms with Gasteiger partial charge in [-0.05, 0) is 107 Å². The van der Waals surface area contributed by atoms with Crippen LogP contribution in [0.15, 0.2) is 219 Å². The number of aromatic nitrogens is 2. The molecule has 0 radical (unpaired) electrons. The summed E-state index contributed by atoms with van der Waals surface area (Å²) in [4.78, 5) is 9.79. The van der Waals surface area contributed by atoms with Crippen molar-refractivity contribution < 1.29 is 0 Å². The monoisotopic (exact) mass is 760 g/mol. The van der Waals surface area contributed by atoms with E-state index in [1.807, 2.05) is 24.4 Å². The lowest BCUT2D eigenvalue weighted by molar-refractivity contribution is 0.633. The van der Waals surface area contributed by atoms with Gasteiger partial charge in [-0.1, -0.05) is 194 Å². The molecule has 0 bridgehead atoms. The average molecular weight is 761 g/mol. The predicted octanol–water partition coefficient (Wildman–Crippen LogP) is 13.7. The van der Waals surface area contributed by atoms with Gasteiger partial charge in [-0.25, -0.2) is 9.97 Å². The zero-order valence-electron chi connectivity index (χ0n) is 32.7. The SMILES string of the molecule is c1ccc(-c2ncc3c(-c4cccc(-c5ccc6c(c5)-c5ccccc5C65c6ccccc6C6(c7ccccc7-c7ccccc76)c6ccccc65)c4)cccc3n2)cc1. The van der Waals surface area contributed by atoms with Crippen LogP contribution in [-0.4, -0.2) is 9.97 Å². The Morgan fingerprint density at radius 2 is 0.717 bits per heavy atom. The molecule has 0 unspecified atom stereocenters. The maximum atomic E-state index is 4.98. The van der Waals surface area contributed by atoms with E-state index in [1.165, 1.54) is 77.9 Å². The summed E-state index contributed by atoms with van der Waals surface area (Å²) in [5.41, 5.74) is 21.7. The summed E-state index contributed by atoms with van der Waals surface area (Å²) in [5, 5.41) is 1.04. The minimum Gasteiger partial charge on any atom is -0.236 e. The third kappa shape index (κ3) is 4.27. The van der Waals surface area contributed by atoms with Gasteiger partial charge in [-0.2, -0.15) is 0 Å². The molecule has 3 aliphatic carbocycles. The third-order valence-electron chi connectivity index (χ3n) is 13.6. The van der Waals surface area contributed by atoms with Crippen molar-refractivity contribution in [2.24, 2.45) is 0 Å². The summed E-state index contributed by atoms with van der Waals surface area (Å²) < 4.78 is 0. The van der Waals surface area contributed by atoms with Gasteiger partial charge in [0.15, 0.2) is 5.82 Å². The molecule has 2 nitrogen and oxygen atoms in total. The number of fused-ring (bicyclic) bond motifs is 17. The fraction of sp³-hybridized carbons (Fsp3) is 0.0345. The van der Waals surface area contributed by atoms with Crippen LogP contribution in [0.4, 0.5) is 0 Å². The lowest BCUT2D eigenvalue weighted by Gasteiger charge is -2.48. The predicted molar refractivity (Wildman–Crippen MR) is 244 cm³/mol. The van der Waals surface area contributed by atoms with E-state index in [4.69, 9.17) is 9.97 Å². The van der Waals surface area contributed by atoms with Crippen molar-refractivity contribution in [3.05, 3.63) is 263 Å². The van der Waals surface area contributed by atoms with Gasteiger partial charge in [0, 0.05) is 17.1 Å². The Morgan fingerprint density at radius 3 is 1.32 bits per heavy atom. The Hall–Kier alpha value is -7.68. The normalized spacial score (nSPS) is 14.3. The summed E-state index contributed by atoms with van der Waals surface area (Å²) in [6.45, 7) is 0. The number of benzene rings is 9. The summed E-state index contributed by atoms with van der Waals surface area (Å²) >= 11 is 0. The number of hydrogen-bond acceptors (Lipinski definition) is 2. The van der Waals surface area contributed by atoms with Crippen molar-refractivity contribution in [2.75, 3.05) is 0 Å². The average Bonchev–Trinajstić information content (AvgIpc) is 3.79. The molecule has 0 N–H and O–H groups in total. The van der Waals surface area contributed by atoms with Gasteiger partial charge in [-0.15, -0.1) is 0 Å². The summed E-state index contributed by atoms with van der Waals surface area (Å²) in [5.74, 6) is 0.737. The van der Waals surface area contributed by atoms with E-state index in [2.05, 4.69) is 194 Å². The quantitative estimate of drug-likeness (QED) is 0.179. The van der Waals surface area contributed by atoms with Crippen molar-refractivity contribution in [1.29, 1.82) is 0 Å². The molecule has 2 spiro atoms. The van der Waals surface area contributed by atoms with Crippen molar-refractivity contribution in [3.63, 3.8) is 0 Å². The molecule has 9 aromatic carbocycles. The minimum absolute atomic E-state index is 0.445. The molecular weight excluding hydrogens is 725 g/mol. The zero-order valence-corrected chi connectivity index (χ0v) is 32.7. The molecule has 0 saturated heterocycles. The lowest BCUT2D eigenvalue weighted by atomic mass is 9.52. The smallest absolute Gasteiger partial charge is 0.159 e. The van der Waals surface area contributed by atoms with Gasteiger partial charge in [0.2, 0.25) is 0 Å². The minimum atomic E-state index is -0.501. The molecule has 3 aliphatic rings. The Labute approximate surface area is 349 Å². The molecule has 0 fully saturated rings. The van der Waals surface area contributed by atoms with Crippen LogP contribution in [0, 0.1) is 0 Å². The van der Waals surface area contributed by atoms with Gasteiger partial charge in [0.1, 0.15) is 0 Å². The van der Waals surface area contributed by atoms with Crippen LogP contribution in [-0.2, 0) is 10.8 Å². The van der Waals surface area contributed by atoms with Crippen LogP contribution in [0.2, 0.25) is 0 Å². The molecule has 2 heteroatoms. The standard InChI is InChI=1S/C58H36N2/c1-2-16-37(17-3-1)56-59-36-46-41(23-15-31-55(46)60-56)40-19-14-18-38(34-40)39-32-33-50-45(35-39)44-22-6-9-26-49(44)58(50)53-29-12-10-27-51(53)57(52-28-11-13-30-54(52)58)47-24-7-4-20-42(47)43-21-5-8-25-48(43)57/h1-36H. The van der Waals surface area contributed by atoms with Gasteiger partial charge in [0.05, 0.1) is 16.3 Å². The summed E-state index contributed by atoms with van der Waals surface area (Å²) in [6, 6.07) is 78.6. The first-order valence-corrected chi connectivity index (χ1v) is 20.8. The molecular formula is C58H36N2. The number of nitrogens with zero attached hydrogens (tertiary/aromatic N) is 2. The third-order valence-corrected chi connectivity index (χ3v) is 13.6. The van der Waals surface area contributed by atoms with Crippen LogP contribution in [0.25, 0.3) is 66.8 Å².